The Morgan fingerprint density at radius 2 is 2.24 bits per heavy atom. The van der Waals surface area contributed by atoms with Crippen molar-refractivity contribution < 1.29 is 9.53 Å². The van der Waals surface area contributed by atoms with Gasteiger partial charge in [0.15, 0.2) is 0 Å². The van der Waals surface area contributed by atoms with E-state index in [1.807, 2.05) is 18.2 Å². The molecule has 1 aromatic rings. The van der Waals surface area contributed by atoms with Crippen LogP contribution in [0.2, 0.25) is 0 Å². The molecule has 0 spiro atoms. The maximum Gasteiger partial charge on any atom is 0.223 e. The first-order valence-corrected chi connectivity index (χ1v) is 7.75. The average molecular weight is 378 g/mol. The Hall–Kier alpha value is -0.780. The molecule has 1 amide bonds. The van der Waals surface area contributed by atoms with E-state index in [4.69, 9.17) is 10.5 Å². The van der Waals surface area contributed by atoms with E-state index in [1.54, 1.807) is 7.11 Å². The summed E-state index contributed by atoms with van der Waals surface area (Å²) in [6, 6.07) is 5.99. The highest BCUT2D eigenvalue weighted by Crippen LogP contribution is 2.26. The van der Waals surface area contributed by atoms with Gasteiger partial charge in [-0.25, -0.2) is 0 Å². The Bertz CT molecular complexity index is 485. The molecule has 1 saturated carbocycles. The number of benzene rings is 1. The highest BCUT2D eigenvalue weighted by atomic mass is 79.9. The first-order valence-electron chi connectivity index (χ1n) is 6.96. The first kappa shape index (κ1) is 18.3. The van der Waals surface area contributed by atoms with Gasteiger partial charge in [-0.3, -0.25) is 4.79 Å². The molecule has 0 radical (unpaired) electrons. The molecule has 1 aliphatic rings. The van der Waals surface area contributed by atoms with Crippen LogP contribution in [0, 0.1) is 5.92 Å². The minimum Gasteiger partial charge on any atom is -0.496 e. The van der Waals surface area contributed by atoms with Gasteiger partial charge < -0.3 is 15.8 Å². The van der Waals surface area contributed by atoms with Gasteiger partial charge in [0.2, 0.25) is 5.91 Å². The molecule has 0 heterocycles. The van der Waals surface area contributed by atoms with Gasteiger partial charge in [0.25, 0.3) is 0 Å². The molecule has 0 aromatic heterocycles. The van der Waals surface area contributed by atoms with E-state index < -0.39 is 0 Å². The monoisotopic (exact) mass is 376 g/mol. The molecule has 2 atom stereocenters. The van der Waals surface area contributed by atoms with Crippen molar-refractivity contribution in [3.8, 4) is 5.75 Å². The van der Waals surface area contributed by atoms with Gasteiger partial charge >= 0.3 is 0 Å². The molecular weight excluding hydrogens is 356 g/mol. The second kappa shape index (κ2) is 8.61. The molecule has 2 unspecified atom stereocenters. The van der Waals surface area contributed by atoms with E-state index in [0.717, 1.165) is 41.5 Å². The summed E-state index contributed by atoms with van der Waals surface area (Å²) >= 11 is 3.44. The summed E-state index contributed by atoms with van der Waals surface area (Å²) in [6.45, 7) is 0.535. The number of halogens is 2. The van der Waals surface area contributed by atoms with E-state index in [-0.39, 0.29) is 30.3 Å². The third kappa shape index (κ3) is 5.16. The number of nitrogens with one attached hydrogen (secondary N) is 1. The molecule has 118 valence electrons. The summed E-state index contributed by atoms with van der Waals surface area (Å²) in [5, 5.41) is 3.00. The molecule has 1 aliphatic carbocycles. The summed E-state index contributed by atoms with van der Waals surface area (Å²) < 4.78 is 6.08. The van der Waals surface area contributed by atoms with E-state index in [0.29, 0.717) is 6.54 Å². The van der Waals surface area contributed by atoms with Crippen LogP contribution in [0.5, 0.6) is 5.75 Å². The summed E-state index contributed by atoms with van der Waals surface area (Å²) in [5.74, 6) is 0.978. The number of hydrogen-bond acceptors (Lipinski definition) is 3. The molecule has 4 nitrogen and oxygen atoms in total. The number of carbonyl (C=O) groups excluding carboxylic acids is 1. The van der Waals surface area contributed by atoms with Crippen molar-refractivity contribution >= 4 is 34.2 Å². The average Bonchev–Trinajstić information content (AvgIpc) is 2.45. The number of rotatable bonds is 4. The van der Waals surface area contributed by atoms with E-state index in [1.165, 1.54) is 0 Å². The summed E-state index contributed by atoms with van der Waals surface area (Å²) in [7, 11) is 1.63. The van der Waals surface area contributed by atoms with E-state index in [9.17, 15) is 4.79 Å². The molecule has 2 rings (SSSR count). The Morgan fingerprint density at radius 3 is 2.86 bits per heavy atom. The number of hydrogen-bond donors (Lipinski definition) is 2. The standard InChI is InChI=1S/C15H21BrN2O2.ClH/c1-20-14-6-5-10(7-13(14)16)9-18-15(19)11-3-2-4-12(17)8-11;/h5-7,11-12H,2-4,8-9,17H2,1H3,(H,18,19);1H. The molecule has 0 aliphatic heterocycles. The van der Waals surface area contributed by atoms with Gasteiger partial charge in [0, 0.05) is 18.5 Å². The predicted molar refractivity (Wildman–Crippen MR) is 89.7 cm³/mol. The lowest BCUT2D eigenvalue weighted by molar-refractivity contribution is -0.126. The lowest BCUT2D eigenvalue weighted by Crippen LogP contribution is -2.37. The van der Waals surface area contributed by atoms with Crippen molar-refractivity contribution in [2.45, 2.75) is 38.3 Å². The molecule has 3 N–H and O–H groups in total. The Labute approximate surface area is 140 Å². The third-order valence-electron chi connectivity index (χ3n) is 3.77. The Balaban J connectivity index is 0.00000220. The van der Waals surface area contributed by atoms with Gasteiger partial charge in [0.05, 0.1) is 11.6 Å². The van der Waals surface area contributed by atoms with Crippen LogP contribution in [-0.4, -0.2) is 19.1 Å². The first-order chi connectivity index (χ1) is 9.60. The van der Waals surface area contributed by atoms with Crippen molar-refractivity contribution in [3.63, 3.8) is 0 Å². The lowest BCUT2D eigenvalue weighted by atomic mass is 9.85. The van der Waals surface area contributed by atoms with Crippen LogP contribution >= 0.6 is 28.3 Å². The largest absolute Gasteiger partial charge is 0.496 e. The van der Waals surface area contributed by atoms with Crippen molar-refractivity contribution in [1.29, 1.82) is 0 Å². The van der Waals surface area contributed by atoms with Crippen LogP contribution in [0.15, 0.2) is 22.7 Å². The molecule has 1 aromatic carbocycles. The maximum atomic E-state index is 12.1. The Morgan fingerprint density at radius 1 is 1.48 bits per heavy atom. The van der Waals surface area contributed by atoms with Gasteiger partial charge in [-0.15, -0.1) is 12.4 Å². The topological polar surface area (TPSA) is 64.3 Å². The highest BCUT2D eigenvalue weighted by molar-refractivity contribution is 9.10. The van der Waals surface area contributed by atoms with Crippen LogP contribution in [0.3, 0.4) is 0 Å². The van der Waals surface area contributed by atoms with Gasteiger partial charge in [-0.1, -0.05) is 12.5 Å². The fourth-order valence-electron chi connectivity index (χ4n) is 2.62. The zero-order chi connectivity index (χ0) is 14.5. The Kier molecular flexibility index (Phi) is 7.49. The molecule has 0 saturated heterocycles. The van der Waals surface area contributed by atoms with Crippen LogP contribution in [0.4, 0.5) is 0 Å². The highest BCUT2D eigenvalue weighted by Gasteiger charge is 2.24. The number of nitrogens with two attached hydrogens (primary N) is 1. The van der Waals surface area contributed by atoms with Gasteiger partial charge in [0.1, 0.15) is 5.75 Å². The number of carbonyl (C=O) groups is 1. The zero-order valence-corrected chi connectivity index (χ0v) is 14.5. The summed E-state index contributed by atoms with van der Waals surface area (Å²) in [4.78, 5) is 12.1. The molecule has 1 fully saturated rings. The van der Waals surface area contributed by atoms with Crippen molar-refractivity contribution in [2.75, 3.05) is 7.11 Å². The second-order valence-electron chi connectivity index (χ2n) is 5.31. The van der Waals surface area contributed by atoms with Crippen LogP contribution in [0.25, 0.3) is 0 Å². The minimum absolute atomic E-state index is 0. The third-order valence-corrected chi connectivity index (χ3v) is 4.39. The van der Waals surface area contributed by atoms with Crippen LogP contribution < -0.4 is 15.8 Å². The van der Waals surface area contributed by atoms with E-state index in [2.05, 4.69) is 21.2 Å². The normalized spacial score (nSPS) is 21.3. The van der Waals surface area contributed by atoms with E-state index >= 15 is 0 Å². The number of amides is 1. The number of ether oxygens (including phenoxy) is 1. The van der Waals surface area contributed by atoms with Crippen LogP contribution in [0.1, 0.15) is 31.2 Å². The minimum atomic E-state index is 0. The van der Waals surface area contributed by atoms with Crippen molar-refractivity contribution in [1.82, 2.24) is 5.32 Å². The summed E-state index contributed by atoms with van der Waals surface area (Å²) in [5.41, 5.74) is 6.97. The lowest BCUT2D eigenvalue weighted by Gasteiger charge is -2.25. The molecule has 0 bridgehead atoms. The molecular formula is C15H22BrClN2O2. The molecule has 6 heteroatoms. The summed E-state index contributed by atoms with van der Waals surface area (Å²) in [6.07, 6.45) is 3.84. The quantitative estimate of drug-likeness (QED) is 0.848. The molecule has 21 heavy (non-hydrogen) atoms. The fourth-order valence-corrected chi connectivity index (χ4v) is 3.21. The predicted octanol–water partition coefficient (Wildman–Crippen LogP) is 3.01. The fraction of sp³-hybridized carbons (Fsp3) is 0.533. The van der Waals surface area contributed by atoms with Gasteiger partial charge in [-0.05, 0) is 52.9 Å². The zero-order valence-electron chi connectivity index (χ0n) is 12.1. The smallest absolute Gasteiger partial charge is 0.223 e. The van der Waals surface area contributed by atoms with Crippen molar-refractivity contribution in [3.05, 3.63) is 28.2 Å². The van der Waals surface area contributed by atoms with Crippen LogP contribution in [-0.2, 0) is 11.3 Å². The van der Waals surface area contributed by atoms with Gasteiger partial charge in [-0.2, -0.15) is 0 Å². The SMILES string of the molecule is COc1ccc(CNC(=O)C2CCCC(N)C2)cc1Br.Cl. The maximum absolute atomic E-state index is 12.1. The second-order valence-corrected chi connectivity index (χ2v) is 6.16. The van der Waals surface area contributed by atoms with Crippen molar-refractivity contribution in [2.24, 2.45) is 11.7 Å². The number of methoxy groups -OCH3 is 1.